The molecule has 2 rings (SSSR count). The molecule has 0 saturated heterocycles. The lowest BCUT2D eigenvalue weighted by Gasteiger charge is -2.30. The first-order valence-electron chi connectivity index (χ1n) is 7.38. The number of carbonyl (C=O) groups excluding carboxylic acids is 2. The van der Waals surface area contributed by atoms with Gasteiger partial charge in [-0.1, -0.05) is 31.0 Å². The largest absolute Gasteiger partial charge is 0.396 e. The standard InChI is InChI=1S/C16H21ClN2O3/c1-16(10-20)7-3-6-13(16)19-14(21)9-18-15(22)11-4-2-5-12(17)8-11/h2,4-5,8,13,20H,3,6-7,9-10H2,1H3,(H,18,22)(H,19,21). The lowest BCUT2D eigenvalue weighted by atomic mass is 9.86. The zero-order chi connectivity index (χ0) is 16.2. The zero-order valence-electron chi connectivity index (χ0n) is 12.6. The van der Waals surface area contributed by atoms with Crippen molar-refractivity contribution in [2.45, 2.75) is 32.2 Å². The van der Waals surface area contributed by atoms with Crippen molar-refractivity contribution in [2.75, 3.05) is 13.2 Å². The summed E-state index contributed by atoms with van der Waals surface area (Å²) in [5, 5.41) is 15.4. The van der Waals surface area contributed by atoms with Crippen LogP contribution in [0, 0.1) is 5.41 Å². The van der Waals surface area contributed by atoms with Crippen LogP contribution >= 0.6 is 11.6 Å². The van der Waals surface area contributed by atoms with Crippen molar-refractivity contribution < 1.29 is 14.7 Å². The summed E-state index contributed by atoms with van der Waals surface area (Å²) < 4.78 is 0. The maximum atomic E-state index is 12.0. The molecule has 1 aliphatic rings. The molecule has 0 radical (unpaired) electrons. The Morgan fingerprint density at radius 2 is 2.23 bits per heavy atom. The summed E-state index contributed by atoms with van der Waals surface area (Å²) in [6.07, 6.45) is 2.73. The van der Waals surface area contributed by atoms with Crippen LogP contribution in [0.1, 0.15) is 36.5 Å². The summed E-state index contributed by atoms with van der Waals surface area (Å²) in [4.78, 5) is 23.9. The van der Waals surface area contributed by atoms with E-state index >= 15 is 0 Å². The minimum Gasteiger partial charge on any atom is -0.396 e. The number of rotatable bonds is 5. The van der Waals surface area contributed by atoms with E-state index in [1.807, 2.05) is 6.92 Å². The number of hydrogen-bond donors (Lipinski definition) is 3. The molecule has 5 nitrogen and oxygen atoms in total. The van der Waals surface area contributed by atoms with E-state index in [0.29, 0.717) is 10.6 Å². The molecule has 2 amide bonds. The monoisotopic (exact) mass is 324 g/mol. The van der Waals surface area contributed by atoms with Gasteiger partial charge in [-0.05, 0) is 31.0 Å². The van der Waals surface area contributed by atoms with Gasteiger partial charge in [0.1, 0.15) is 0 Å². The smallest absolute Gasteiger partial charge is 0.251 e. The Balaban J connectivity index is 1.84. The van der Waals surface area contributed by atoms with Gasteiger partial charge in [0.15, 0.2) is 0 Å². The first-order valence-corrected chi connectivity index (χ1v) is 7.76. The maximum absolute atomic E-state index is 12.0. The van der Waals surface area contributed by atoms with Gasteiger partial charge >= 0.3 is 0 Å². The Kier molecular flexibility index (Phi) is 5.42. The SMILES string of the molecule is CC1(CO)CCCC1NC(=O)CNC(=O)c1cccc(Cl)c1. The number of halogens is 1. The Hall–Kier alpha value is -1.59. The molecule has 0 heterocycles. The van der Waals surface area contributed by atoms with Crippen molar-refractivity contribution >= 4 is 23.4 Å². The van der Waals surface area contributed by atoms with Gasteiger partial charge in [0.05, 0.1) is 13.2 Å². The van der Waals surface area contributed by atoms with Crippen molar-refractivity contribution in [2.24, 2.45) is 5.41 Å². The second-order valence-corrected chi connectivity index (χ2v) is 6.45. The molecule has 3 N–H and O–H groups in total. The highest BCUT2D eigenvalue weighted by molar-refractivity contribution is 6.30. The van der Waals surface area contributed by atoms with E-state index in [9.17, 15) is 14.7 Å². The summed E-state index contributed by atoms with van der Waals surface area (Å²) in [5.41, 5.74) is 0.147. The van der Waals surface area contributed by atoms with Crippen LogP contribution in [0.4, 0.5) is 0 Å². The van der Waals surface area contributed by atoms with E-state index in [4.69, 9.17) is 11.6 Å². The maximum Gasteiger partial charge on any atom is 0.251 e. The summed E-state index contributed by atoms with van der Waals surface area (Å²) in [6.45, 7) is 1.92. The molecule has 0 aliphatic heterocycles. The van der Waals surface area contributed by atoms with E-state index < -0.39 is 0 Å². The third-order valence-corrected chi connectivity index (χ3v) is 4.51. The Morgan fingerprint density at radius 3 is 2.91 bits per heavy atom. The number of amides is 2. The number of aliphatic hydroxyl groups excluding tert-OH is 1. The van der Waals surface area contributed by atoms with Gasteiger partial charge in [-0.15, -0.1) is 0 Å². The fourth-order valence-electron chi connectivity index (χ4n) is 2.81. The van der Waals surface area contributed by atoms with Crippen molar-refractivity contribution in [1.82, 2.24) is 10.6 Å². The predicted molar refractivity (Wildman–Crippen MR) is 84.8 cm³/mol. The van der Waals surface area contributed by atoms with Gasteiger partial charge in [-0.25, -0.2) is 0 Å². The molecular formula is C16H21ClN2O3. The van der Waals surface area contributed by atoms with Gasteiger partial charge in [-0.2, -0.15) is 0 Å². The van der Waals surface area contributed by atoms with E-state index in [-0.39, 0.29) is 36.4 Å². The molecule has 0 spiro atoms. The fourth-order valence-corrected chi connectivity index (χ4v) is 3.00. The zero-order valence-corrected chi connectivity index (χ0v) is 13.3. The average molecular weight is 325 g/mol. The lowest BCUT2D eigenvalue weighted by molar-refractivity contribution is -0.121. The third-order valence-electron chi connectivity index (χ3n) is 4.27. The highest BCUT2D eigenvalue weighted by Crippen LogP contribution is 2.37. The Morgan fingerprint density at radius 1 is 1.45 bits per heavy atom. The van der Waals surface area contributed by atoms with Crippen molar-refractivity contribution in [3.63, 3.8) is 0 Å². The quantitative estimate of drug-likeness (QED) is 0.772. The fraction of sp³-hybridized carbons (Fsp3) is 0.500. The van der Waals surface area contributed by atoms with Crippen LogP contribution in [0.3, 0.4) is 0 Å². The van der Waals surface area contributed by atoms with Crippen molar-refractivity contribution in [3.05, 3.63) is 34.9 Å². The van der Waals surface area contributed by atoms with Gasteiger partial charge in [0.2, 0.25) is 5.91 Å². The van der Waals surface area contributed by atoms with Crippen LogP contribution in [0.2, 0.25) is 5.02 Å². The predicted octanol–water partition coefficient (Wildman–Crippen LogP) is 1.74. The third kappa shape index (κ3) is 3.99. The molecule has 1 saturated carbocycles. The molecule has 22 heavy (non-hydrogen) atoms. The van der Waals surface area contributed by atoms with E-state index in [0.717, 1.165) is 19.3 Å². The molecule has 1 aromatic carbocycles. The molecule has 0 aromatic heterocycles. The first kappa shape index (κ1) is 16.8. The van der Waals surface area contributed by atoms with Crippen LogP contribution < -0.4 is 10.6 Å². The van der Waals surface area contributed by atoms with Gasteiger partial charge in [-0.3, -0.25) is 9.59 Å². The lowest BCUT2D eigenvalue weighted by Crippen LogP contribution is -2.48. The summed E-state index contributed by atoms with van der Waals surface area (Å²) in [7, 11) is 0. The first-order chi connectivity index (χ1) is 10.4. The molecule has 1 aromatic rings. The molecule has 120 valence electrons. The van der Waals surface area contributed by atoms with Gasteiger partial charge < -0.3 is 15.7 Å². The molecule has 0 bridgehead atoms. The van der Waals surface area contributed by atoms with Crippen LogP contribution in [-0.2, 0) is 4.79 Å². The highest BCUT2D eigenvalue weighted by atomic mass is 35.5. The van der Waals surface area contributed by atoms with E-state index in [1.54, 1.807) is 24.3 Å². The summed E-state index contributed by atoms with van der Waals surface area (Å²) in [5.74, 6) is -0.587. The van der Waals surface area contributed by atoms with Crippen molar-refractivity contribution in [3.8, 4) is 0 Å². The number of nitrogens with one attached hydrogen (secondary N) is 2. The van der Waals surface area contributed by atoms with E-state index in [2.05, 4.69) is 10.6 Å². The molecular weight excluding hydrogens is 304 g/mol. The topological polar surface area (TPSA) is 78.4 Å². The summed E-state index contributed by atoms with van der Waals surface area (Å²) in [6, 6.07) is 6.50. The van der Waals surface area contributed by atoms with Crippen LogP contribution in [0.5, 0.6) is 0 Å². The van der Waals surface area contributed by atoms with Crippen LogP contribution in [-0.4, -0.2) is 36.1 Å². The minimum atomic E-state index is -0.339. The van der Waals surface area contributed by atoms with Crippen LogP contribution in [0.15, 0.2) is 24.3 Å². The normalized spacial score (nSPS) is 24.0. The second-order valence-electron chi connectivity index (χ2n) is 6.02. The van der Waals surface area contributed by atoms with Crippen molar-refractivity contribution in [1.29, 1.82) is 0 Å². The molecule has 1 fully saturated rings. The molecule has 2 atom stereocenters. The Bertz CT molecular complexity index is 564. The minimum absolute atomic E-state index is 0.0481. The number of aliphatic hydroxyl groups is 1. The Labute approximate surface area is 135 Å². The average Bonchev–Trinajstić information content (AvgIpc) is 2.86. The number of benzene rings is 1. The number of hydrogen-bond acceptors (Lipinski definition) is 3. The van der Waals surface area contributed by atoms with Crippen LogP contribution in [0.25, 0.3) is 0 Å². The highest BCUT2D eigenvalue weighted by Gasteiger charge is 2.38. The molecule has 2 unspecified atom stereocenters. The summed E-state index contributed by atoms with van der Waals surface area (Å²) >= 11 is 5.83. The van der Waals surface area contributed by atoms with Gasteiger partial charge in [0, 0.05) is 22.0 Å². The van der Waals surface area contributed by atoms with E-state index in [1.165, 1.54) is 0 Å². The second kappa shape index (κ2) is 7.11. The molecule has 6 heteroatoms. The molecule has 1 aliphatic carbocycles. The number of carbonyl (C=O) groups is 2. The van der Waals surface area contributed by atoms with Gasteiger partial charge in [0.25, 0.3) is 5.91 Å².